The molecule has 3 amide bonds. The highest BCUT2D eigenvalue weighted by molar-refractivity contribution is 5.96. The fraction of sp³-hybridized carbons (Fsp3) is 0.737. The Labute approximate surface area is 185 Å². The minimum absolute atomic E-state index is 0.135. The minimum atomic E-state index is -1.50. The van der Waals surface area contributed by atoms with E-state index in [1.54, 1.807) is 0 Å². The first kappa shape index (κ1) is 27.3. The predicted octanol–water partition coefficient (Wildman–Crippen LogP) is -2.66. The van der Waals surface area contributed by atoms with Crippen LogP contribution >= 0.6 is 0 Å². The molecule has 5 unspecified atom stereocenters. The van der Waals surface area contributed by atoms with Gasteiger partial charge in [-0.05, 0) is 45.6 Å². The van der Waals surface area contributed by atoms with E-state index in [4.69, 9.17) is 16.6 Å². The highest BCUT2D eigenvalue weighted by Crippen LogP contribution is 2.20. The van der Waals surface area contributed by atoms with Crippen LogP contribution in [-0.2, 0) is 24.0 Å². The van der Waals surface area contributed by atoms with Gasteiger partial charge in [0.2, 0.25) is 17.7 Å². The second-order valence-electron chi connectivity index (χ2n) is 7.80. The summed E-state index contributed by atoms with van der Waals surface area (Å²) in [6.45, 7) is 1.79. The van der Waals surface area contributed by atoms with E-state index < -0.39 is 66.4 Å². The summed E-state index contributed by atoms with van der Waals surface area (Å²) in [6.07, 6.45) is -0.0142. The van der Waals surface area contributed by atoms with Crippen LogP contribution in [0.2, 0.25) is 0 Å². The smallest absolute Gasteiger partial charge is 0.326 e. The van der Waals surface area contributed by atoms with Crippen LogP contribution in [0.4, 0.5) is 0 Å². The number of nitrogens with zero attached hydrogens (tertiary/aromatic N) is 1. The number of carboxylic acid groups (broad SMARTS) is 2. The molecule has 5 atom stereocenters. The summed E-state index contributed by atoms with van der Waals surface area (Å²) in [5.74, 6) is -4.95. The lowest BCUT2D eigenvalue weighted by Crippen LogP contribution is -2.58. The Kier molecular flexibility index (Phi) is 11.0. The third-order valence-electron chi connectivity index (χ3n) is 5.22. The Balaban J connectivity index is 2.92. The number of aliphatic hydroxyl groups is 1. The zero-order chi connectivity index (χ0) is 24.4. The van der Waals surface area contributed by atoms with Crippen LogP contribution in [0.3, 0.4) is 0 Å². The van der Waals surface area contributed by atoms with Crippen LogP contribution < -0.4 is 22.1 Å². The lowest BCUT2D eigenvalue weighted by atomic mass is 10.1. The Morgan fingerprint density at radius 3 is 2.28 bits per heavy atom. The zero-order valence-corrected chi connectivity index (χ0v) is 18.0. The van der Waals surface area contributed by atoms with Crippen LogP contribution in [0.1, 0.15) is 45.4 Å². The number of carbonyl (C=O) groups excluding carboxylic acids is 3. The van der Waals surface area contributed by atoms with Crippen molar-refractivity contribution < 1.29 is 39.3 Å². The lowest BCUT2D eigenvalue weighted by molar-refractivity contribution is -0.147. The molecule has 13 heteroatoms. The molecule has 0 aliphatic carbocycles. The topological polar surface area (TPSA) is 225 Å². The first-order chi connectivity index (χ1) is 15.0. The van der Waals surface area contributed by atoms with E-state index in [1.165, 1.54) is 6.92 Å². The van der Waals surface area contributed by atoms with E-state index in [0.717, 1.165) is 4.90 Å². The van der Waals surface area contributed by atoms with E-state index in [0.29, 0.717) is 25.8 Å². The molecule has 9 N–H and O–H groups in total. The second kappa shape index (κ2) is 12.9. The molecule has 13 nitrogen and oxygen atoms in total. The number of likely N-dealkylation sites (tertiary alicyclic amines) is 1. The average Bonchev–Trinajstić information content (AvgIpc) is 3.20. The number of amides is 3. The maximum Gasteiger partial charge on any atom is 0.326 e. The molecule has 1 saturated heterocycles. The van der Waals surface area contributed by atoms with Crippen molar-refractivity contribution in [3.05, 3.63) is 0 Å². The van der Waals surface area contributed by atoms with Crippen LogP contribution in [0.25, 0.3) is 0 Å². The number of nitrogens with two attached hydrogens (primary N) is 2. The Morgan fingerprint density at radius 1 is 1.09 bits per heavy atom. The van der Waals surface area contributed by atoms with Crippen molar-refractivity contribution in [2.24, 2.45) is 11.5 Å². The van der Waals surface area contributed by atoms with Gasteiger partial charge in [-0.1, -0.05) is 0 Å². The molecular formula is C19H33N5O8. The average molecular weight is 460 g/mol. The van der Waals surface area contributed by atoms with Crippen LogP contribution in [0.15, 0.2) is 0 Å². The third kappa shape index (κ3) is 8.05. The standard InChI is InChI=1S/C19H33N5O8/c1-10(25)15(21)17(29)23-12(9-14(26)27)18(30)24-8-4-6-13(24)16(28)22-11(19(31)32)5-2-3-7-20/h10-13,15,25H,2-9,20-21H2,1H3,(H,22,28)(H,23,29)(H,26,27)(H,31,32). The Bertz CT molecular complexity index is 701. The summed E-state index contributed by atoms with van der Waals surface area (Å²) in [5.41, 5.74) is 10.9. The molecule has 1 heterocycles. The molecular weight excluding hydrogens is 426 g/mol. The Hall–Kier alpha value is -2.77. The van der Waals surface area contributed by atoms with Crippen molar-refractivity contribution in [1.29, 1.82) is 0 Å². The van der Waals surface area contributed by atoms with Gasteiger partial charge in [-0.15, -0.1) is 0 Å². The zero-order valence-electron chi connectivity index (χ0n) is 18.0. The van der Waals surface area contributed by atoms with Crippen LogP contribution in [0, 0.1) is 0 Å². The third-order valence-corrected chi connectivity index (χ3v) is 5.22. The van der Waals surface area contributed by atoms with Gasteiger partial charge in [-0.25, -0.2) is 4.79 Å². The van der Waals surface area contributed by atoms with Crippen LogP contribution in [-0.4, -0.2) is 93.2 Å². The quantitative estimate of drug-likeness (QED) is 0.141. The summed E-state index contributed by atoms with van der Waals surface area (Å²) in [7, 11) is 0. The van der Waals surface area contributed by atoms with Crippen molar-refractivity contribution >= 4 is 29.7 Å². The Morgan fingerprint density at radius 2 is 1.75 bits per heavy atom. The van der Waals surface area contributed by atoms with Gasteiger partial charge in [0, 0.05) is 6.54 Å². The summed E-state index contributed by atoms with van der Waals surface area (Å²) in [4.78, 5) is 61.7. The number of carbonyl (C=O) groups is 5. The summed E-state index contributed by atoms with van der Waals surface area (Å²) in [6, 6.07) is -5.03. The van der Waals surface area contributed by atoms with Gasteiger partial charge in [-0.3, -0.25) is 19.2 Å². The van der Waals surface area contributed by atoms with Crippen molar-refractivity contribution in [2.75, 3.05) is 13.1 Å². The SMILES string of the molecule is CC(O)C(N)C(=O)NC(CC(=O)O)C(=O)N1CCCC1C(=O)NC(CCCCN)C(=O)O. The lowest BCUT2D eigenvalue weighted by Gasteiger charge is -2.29. The number of hydrogen-bond donors (Lipinski definition) is 7. The molecule has 1 aliphatic heterocycles. The van der Waals surface area contributed by atoms with Gasteiger partial charge in [0.25, 0.3) is 0 Å². The molecule has 1 aliphatic rings. The summed E-state index contributed by atoms with van der Waals surface area (Å²) < 4.78 is 0. The normalized spacial score (nSPS) is 19.5. The van der Waals surface area contributed by atoms with Gasteiger partial charge in [0.1, 0.15) is 24.2 Å². The first-order valence-electron chi connectivity index (χ1n) is 10.5. The van der Waals surface area contributed by atoms with Crippen molar-refractivity contribution in [3.63, 3.8) is 0 Å². The molecule has 0 saturated carbocycles. The highest BCUT2D eigenvalue weighted by atomic mass is 16.4. The molecule has 0 bridgehead atoms. The van der Waals surface area contributed by atoms with E-state index in [-0.39, 0.29) is 19.4 Å². The fourth-order valence-corrected chi connectivity index (χ4v) is 3.38. The molecule has 1 fully saturated rings. The number of hydrogen-bond acceptors (Lipinski definition) is 8. The van der Waals surface area contributed by atoms with E-state index in [9.17, 15) is 34.2 Å². The molecule has 0 aromatic carbocycles. The number of rotatable bonds is 13. The van der Waals surface area contributed by atoms with Crippen molar-refractivity contribution in [1.82, 2.24) is 15.5 Å². The first-order valence-corrected chi connectivity index (χ1v) is 10.5. The van der Waals surface area contributed by atoms with E-state index in [2.05, 4.69) is 10.6 Å². The largest absolute Gasteiger partial charge is 0.481 e. The maximum absolute atomic E-state index is 13.0. The molecule has 0 spiro atoms. The number of carboxylic acids is 2. The molecule has 0 aromatic rings. The molecule has 182 valence electrons. The number of aliphatic carboxylic acids is 2. The highest BCUT2D eigenvalue weighted by Gasteiger charge is 2.39. The van der Waals surface area contributed by atoms with Crippen molar-refractivity contribution in [3.8, 4) is 0 Å². The molecule has 0 radical (unpaired) electrons. The van der Waals surface area contributed by atoms with Gasteiger partial charge >= 0.3 is 11.9 Å². The fourth-order valence-electron chi connectivity index (χ4n) is 3.38. The predicted molar refractivity (Wildman–Crippen MR) is 111 cm³/mol. The second-order valence-corrected chi connectivity index (χ2v) is 7.80. The number of unbranched alkanes of at least 4 members (excludes halogenated alkanes) is 1. The summed E-state index contributed by atoms with van der Waals surface area (Å²) in [5, 5.41) is 32.6. The van der Waals surface area contributed by atoms with Gasteiger partial charge in [0.15, 0.2) is 0 Å². The van der Waals surface area contributed by atoms with Crippen molar-refractivity contribution in [2.45, 2.75) is 75.7 Å². The molecule has 0 aromatic heterocycles. The van der Waals surface area contributed by atoms with E-state index in [1.807, 2.05) is 0 Å². The minimum Gasteiger partial charge on any atom is -0.481 e. The molecule has 32 heavy (non-hydrogen) atoms. The number of aliphatic hydroxyl groups excluding tert-OH is 1. The summed E-state index contributed by atoms with van der Waals surface area (Å²) >= 11 is 0. The molecule has 1 rings (SSSR count). The van der Waals surface area contributed by atoms with Gasteiger partial charge < -0.3 is 42.3 Å². The van der Waals surface area contributed by atoms with Gasteiger partial charge in [-0.2, -0.15) is 0 Å². The maximum atomic E-state index is 13.0. The number of nitrogens with one attached hydrogen (secondary N) is 2. The van der Waals surface area contributed by atoms with Gasteiger partial charge in [0.05, 0.1) is 12.5 Å². The monoisotopic (exact) mass is 459 g/mol. The van der Waals surface area contributed by atoms with E-state index >= 15 is 0 Å². The van der Waals surface area contributed by atoms with Crippen LogP contribution in [0.5, 0.6) is 0 Å².